The lowest BCUT2D eigenvalue weighted by molar-refractivity contribution is -0.119. The molecule has 0 spiro atoms. The van der Waals surface area contributed by atoms with E-state index in [1.165, 1.54) is 0 Å². The van der Waals surface area contributed by atoms with Gasteiger partial charge in [-0.25, -0.2) is 4.79 Å². The highest BCUT2D eigenvalue weighted by Crippen LogP contribution is 2.36. The fourth-order valence-electron chi connectivity index (χ4n) is 4.25. The van der Waals surface area contributed by atoms with Crippen LogP contribution in [0.2, 0.25) is 0 Å². The number of carbonyl (C=O) groups is 2. The van der Waals surface area contributed by atoms with E-state index in [4.69, 9.17) is 0 Å². The summed E-state index contributed by atoms with van der Waals surface area (Å²) in [5.74, 6) is 0.470. The Bertz CT molecular complexity index is 1120. The number of nitrogens with one attached hydrogen (secondary N) is 2. The number of fused-ring (bicyclic) bond motifs is 2. The predicted octanol–water partition coefficient (Wildman–Crippen LogP) is 4.85. The maximum atomic E-state index is 12.5. The number of hydrogen-bond acceptors (Lipinski definition) is 2. The molecular formula is C25H25N3O2. The quantitative estimate of drug-likeness (QED) is 0.659. The van der Waals surface area contributed by atoms with Crippen LogP contribution in [-0.4, -0.2) is 18.5 Å². The molecule has 2 N–H and O–H groups in total. The zero-order chi connectivity index (χ0) is 20.5. The van der Waals surface area contributed by atoms with Crippen LogP contribution in [0.25, 0.3) is 10.8 Å². The van der Waals surface area contributed by atoms with Crippen molar-refractivity contribution in [2.45, 2.75) is 32.2 Å². The molecule has 1 aliphatic heterocycles. The molecule has 152 valence electrons. The highest BCUT2D eigenvalue weighted by atomic mass is 16.2. The van der Waals surface area contributed by atoms with Crippen LogP contribution in [0.4, 0.5) is 16.2 Å². The molecule has 1 aliphatic carbocycles. The Kier molecular flexibility index (Phi) is 4.87. The third-order valence-electron chi connectivity index (χ3n) is 5.97. The van der Waals surface area contributed by atoms with Gasteiger partial charge in [0.25, 0.3) is 0 Å². The van der Waals surface area contributed by atoms with Crippen molar-refractivity contribution < 1.29 is 9.59 Å². The molecule has 1 fully saturated rings. The standard InChI is InChI=1S/C25H25N3O2/c29-24(18-10-11-18)28-14-4-8-19-15-21(12-13-23(19)28)27-25(30)26-16-20-7-3-6-17-5-1-2-9-22(17)20/h1-3,5-7,9,12-13,15,18H,4,8,10-11,14,16H2,(H2,26,27,30). The van der Waals surface area contributed by atoms with Crippen molar-refractivity contribution in [2.24, 2.45) is 5.92 Å². The Morgan fingerprint density at radius 1 is 1.00 bits per heavy atom. The van der Waals surface area contributed by atoms with Gasteiger partial charge in [-0.15, -0.1) is 0 Å². The zero-order valence-corrected chi connectivity index (χ0v) is 16.9. The largest absolute Gasteiger partial charge is 0.334 e. The van der Waals surface area contributed by atoms with E-state index in [2.05, 4.69) is 28.8 Å². The van der Waals surface area contributed by atoms with Crippen LogP contribution in [0.15, 0.2) is 60.7 Å². The fourth-order valence-corrected chi connectivity index (χ4v) is 4.25. The van der Waals surface area contributed by atoms with E-state index in [9.17, 15) is 9.59 Å². The molecule has 5 rings (SSSR count). The van der Waals surface area contributed by atoms with Crippen LogP contribution >= 0.6 is 0 Å². The van der Waals surface area contributed by atoms with Gasteiger partial charge in [-0.2, -0.15) is 0 Å². The molecule has 3 aromatic carbocycles. The molecule has 0 atom stereocenters. The minimum atomic E-state index is -0.232. The maximum Gasteiger partial charge on any atom is 0.319 e. The summed E-state index contributed by atoms with van der Waals surface area (Å²) in [6.45, 7) is 1.25. The molecule has 5 nitrogen and oxygen atoms in total. The number of nitrogens with zero attached hydrogens (tertiary/aromatic N) is 1. The Hall–Kier alpha value is -3.34. The molecule has 0 saturated heterocycles. The Labute approximate surface area is 176 Å². The first-order chi connectivity index (χ1) is 14.7. The molecule has 2 aliphatic rings. The normalized spacial score (nSPS) is 15.5. The first-order valence-corrected chi connectivity index (χ1v) is 10.6. The maximum absolute atomic E-state index is 12.5. The number of amides is 3. The number of anilines is 2. The van der Waals surface area contributed by atoms with Crippen molar-refractivity contribution in [1.82, 2.24) is 5.32 Å². The summed E-state index contributed by atoms with van der Waals surface area (Å²) in [6.07, 6.45) is 3.92. The highest BCUT2D eigenvalue weighted by molar-refractivity contribution is 5.98. The second-order valence-corrected chi connectivity index (χ2v) is 8.16. The molecular weight excluding hydrogens is 374 g/mol. The van der Waals surface area contributed by atoms with Crippen molar-refractivity contribution in [3.05, 3.63) is 71.8 Å². The van der Waals surface area contributed by atoms with Crippen molar-refractivity contribution in [3.8, 4) is 0 Å². The average molecular weight is 399 g/mol. The summed E-state index contributed by atoms with van der Waals surface area (Å²) >= 11 is 0. The van der Waals surface area contributed by atoms with Gasteiger partial charge in [-0.1, -0.05) is 42.5 Å². The Balaban J connectivity index is 1.25. The molecule has 0 bridgehead atoms. The monoisotopic (exact) mass is 399 g/mol. The van der Waals surface area contributed by atoms with Gasteiger partial charge in [0.2, 0.25) is 5.91 Å². The minimum Gasteiger partial charge on any atom is -0.334 e. The molecule has 0 unspecified atom stereocenters. The van der Waals surface area contributed by atoms with Gasteiger partial charge < -0.3 is 15.5 Å². The smallest absolute Gasteiger partial charge is 0.319 e. The average Bonchev–Trinajstić information content (AvgIpc) is 3.62. The topological polar surface area (TPSA) is 61.4 Å². The molecule has 5 heteroatoms. The molecule has 3 amide bonds. The van der Waals surface area contributed by atoms with Gasteiger partial charge in [-0.05, 0) is 65.8 Å². The van der Waals surface area contributed by atoms with Crippen molar-refractivity contribution in [2.75, 3.05) is 16.8 Å². The lowest BCUT2D eigenvalue weighted by atomic mass is 10.0. The SMILES string of the molecule is O=C(NCc1cccc2ccccc12)Nc1ccc2c(c1)CCCN2C(=O)C1CC1. The molecule has 0 aromatic heterocycles. The van der Waals surface area contributed by atoms with Gasteiger partial charge in [0.15, 0.2) is 0 Å². The fraction of sp³-hybridized carbons (Fsp3) is 0.280. The van der Waals surface area contributed by atoms with Crippen molar-refractivity contribution in [3.63, 3.8) is 0 Å². The molecule has 3 aromatic rings. The van der Waals surface area contributed by atoms with Gasteiger partial charge in [0.05, 0.1) is 0 Å². The van der Waals surface area contributed by atoms with E-state index in [0.29, 0.717) is 6.54 Å². The molecule has 30 heavy (non-hydrogen) atoms. The Morgan fingerprint density at radius 2 is 1.83 bits per heavy atom. The van der Waals surface area contributed by atoms with Crippen LogP contribution < -0.4 is 15.5 Å². The number of urea groups is 1. The van der Waals surface area contributed by atoms with Gasteiger partial charge in [-0.3, -0.25) is 4.79 Å². The van der Waals surface area contributed by atoms with Crippen molar-refractivity contribution >= 4 is 34.1 Å². The van der Waals surface area contributed by atoms with E-state index in [1.54, 1.807) is 0 Å². The van der Waals surface area contributed by atoms with Crippen LogP contribution in [-0.2, 0) is 17.8 Å². The third kappa shape index (κ3) is 3.75. The first kappa shape index (κ1) is 18.7. The van der Waals surface area contributed by atoms with E-state index < -0.39 is 0 Å². The molecule has 0 radical (unpaired) electrons. The van der Waals surface area contributed by atoms with Crippen LogP contribution in [0, 0.1) is 5.92 Å². The van der Waals surface area contributed by atoms with E-state index in [1.807, 2.05) is 47.4 Å². The van der Waals surface area contributed by atoms with E-state index in [-0.39, 0.29) is 17.9 Å². The third-order valence-corrected chi connectivity index (χ3v) is 5.97. The van der Waals surface area contributed by atoms with E-state index >= 15 is 0 Å². The van der Waals surface area contributed by atoms with E-state index in [0.717, 1.165) is 65.5 Å². The number of benzene rings is 3. The lowest BCUT2D eigenvalue weighted by Crippen LogP contribution is -2.36. The van der Waals surface area contributed by atoms with Crippen LogP contribution in [0.3, 0.4) is 0 Å². The number of aryl methyl sites for hydroxylation is 1. The zero-order valence-electron chi connectivity index (χ0n) is 16.9. The second kappa shape index (κ2) is 7.82. The number of rotatable bonds is 4. The molecule has 1 saturated carbocycles. The summed E-state index contributed by atoms with van der Waals surface area (Å²) < 4.78 is 0. The summed E-state index contributed by atoms with van der Waals surface area (Å²) in [6, 6.07) is 19.9. The minimum absolute atomic E-state index is 0.216. The van der Waals surface area contributed by atoms with Gasteiger partial charge in [0.1, 0.15) is 0 Å². The number of hydrogen-bond donors (Lipinski definition) is 2. The van der Waals surface area contributed by atoms with Gasteiger partial charge in [0, 0.05) is 30.4 Å². The van der Waals surface area contributed by atoms with Gasteiger partial charge >= 0.3 is 6.03 Å². The number of carbonyl (C=O) groups excluding carboxylic acids is 2. The highest BCUT2D eigenvalue weighted by Gasteiger charge is 2.35. The second-order valence-electron chi connectivity index (χ2n) is 8.16. The lowest BCUT2D eigenvalue weighted by Gasteiger charge is -2.30. The molecule has 1 heterocycles. The summed E-state index contributed by atoms with van der Waals surface area (Å²) in [5.41, 5.74) is 3.97. The van der Waals surface area contributed by atoms with Crippen molar-refractivity contribution in [1.29, 1.82) is 0 Å². The van der Waals surface area contributed by atoms with Crippen LogP contribution in [0.5, 0.6) is 0 Å². The summed E-state index contributed by atoms with van der Waals surface area (Å²) in [7, 11) is 0. The summed E-state index contributed by atoms with van der Waals surface area (Å²) in [5, 5.41) is 8.20. The first-order valence-electron chi connectivity index (χ1n) is 10.6. The van der Waals surface area contributed by atoms with Crippen LogP contribution in [0.1, 0.15) is 30.4 Å². The Morgan fingerprint density at radius 3 is 2.70 bits per heavy atom. The predicted molar refractivity (Wildman–Crippen MR) is 120 cm³/mol. The summed E-state index contributed by atoms with van der Waals surface area (Å²) in [4.78, 5) is 26.9.